The van der Waals surface area contributed by atoms with Crippen molar-refractivity contribution in [2.45, 2.75) is 19.5 Å². The van der Waals surface area contributed by atoms with Gasteiger partial charge in [0.25, 0.3) is 0 Å². The normalized spacial score (nSPS) is 16.2. The Hall–Kier alpha value is -1.98. The first-order valence-corrected chi connectivity index (χ1v) is 8.23. The van der Waals surface area contributed by atoms with E-state index in [1.54, 1.807) is 0 Å². The third-order valence-corrected chi connectivity index (χ3v) is 4.33. The topological polar surface area (TPSA) is 24.5 Å². The first-order valence-electron chi connectivity index (χ1n) is 8.23. The molecule has 128 valence electrons. The van der Waals surface area contributed by atoms with E-state index in [2.05, 4.69) is 22.3 Å². The number of anilines is 1. The smallest absolute Gasteiger partial charge is 0.130 e. The standard InChI is InChI=1S/C19H22F2N2O/c1-14(18-6-5-16(20)12-19(18)21)22-13-15-3-2-4-17(11-15)23-7-9-24-10-8-23/h2-6,11-12,14,22H,7-10,13H2,1H3. The lowest BCUT2D eigenvalue weighted by Crippen LogP contribution is -2.36. The molecule has 0 saturated carbocycles. The first kappa shape index (κ1) is 16.9. The Morgan fingerprint density at radius 2 is 1.92 bits per heavy atom. The fourth-order valence-corrected chi connectivity index (χ4v) is 2.92. The highest BCUT2D eigenvalue weighted by Gasteiger charge is 2.13. The van der Waals surface area contributed by atoms with Crippen molar-refractivity contribution in [3.63, 3.8) is 0 Å². The molecule has 0 aromatic heterocycles. The zero-order valence-electron chi connectivity index (χ0n) is 13.8. The van der Waals surface area contributed by atoms with Gasteiger partial charge in [-0.2, -0.15) is 0 Å². The number of nitrogens with zero attached hydrogens (tertiary/aromatic N) is 1. The molecule has 1 saturated heterocycles. The van der Waals surface area contributed by atoms with Gasteiger partial charge in [-0.15, -0.1) is 0 Å². The van der Waals surface area contributed by atoms with E-state index in [0.29, 0.717) is 12.1 Å². The van der Waals surface area contributed by atoms with Gasteiger partial charge in [0.1, 0.15) is 11.6 Å². The second-order valence-corrected chi connectivity index (χ2v) is 6.04. The molecule has 0 aliphatic carbocycles. The molecule has 1 atom stereocenters. The molecule has 3 nitrogen and oxygen atoms in total. The fourth-order valence-electron chi connectivity index (χ4n) is 2.92. The summed E-state index contributed by atoms with van der Waals surface area (Å²) >= 11 is 0. The maximum Gasteiger partial charge on any atom is 0.130 e. The predicted molar refractivity (Wildman–Crippen MR) is 91.1 cm³/mol. The third kappa shape index (κ3) is 4.10. The number of hydrogen-bond acceptors (Lipinski definition) is 3. The van der Waals surface area contributed by atoms with Crippen LogP contribution >= 0.6 is 0 Å². The third-order valence-electron chi connectivity index (χ3n) is 4.33. The molecule has 2 aromatic rings. The summed E-state index contributed by atoms with van der Waals surface area (Å²) in [4.78, 5) is 2.30. The van der Waals surface area contributed by atoms with E-state index in [0.717, 1.165) is 37.9 Å². The quantitative estimate of drug-likeness (QED) is 0.904. The van der Waals surface area contributed by atoms with Gasteiger partial charge in [-0.25, -0.2) is 8.78 Å². The predicted octanol–water partition coefficient (Wildman–Crippen LogP) is 3.65. The van der Waals surface area contributed by atoms with Crippen LogP contribution in [0.15, 0.2) is 42.5 Å². The molecule has 1 fully saturated rings. The molecule has 24 heavy (non-hydrogen) atoms. The summed E-state index contributed by atoms with van der Waals surface area (Å²) < 4.78 is 32.2. The van der Waals surface area contributed by atoms with Crippen molar-refractivity contribution in [3.05, 3.63) is 65.2 Å². The second-order valence-electron chi connectivity index (χ2n) is 6.04. The average molecular weight is 332 g/mol. The van der Waals surface area contributed by atoms with Crippen LogP contribution in [0.2, 0.25) is 0 Å². The lowest BCUT2D eigenvalue weighted by atomic mass is 10.1. The van der Waals surface area contributed by atoms with E-state index in [1.165, 1.54) is 17.8 Å². The highest BCUT2D eigenvalue weighted by Crippen LogP contribution is 2.20. The van der Waals surface area contributed by atoms with Crippen LogP contribution in [-0.2, 0) is 11.3 Å². The number of rotatable bonds is 5. The van der Waals surface area contributed by atoms with Crippen LogP contribution < -0.4 is 10.2 Å². The number of nitrogens with one attached hydrogen (secondary N) is 1. The van der Waals surface area contributed by atoms with Gasteiger partial charge in [-0.05, 0) is 30.7 Å². The maximum absolute atomic E-state index is 13.8. The van der Waals surface area contributed by atoms with E-state index in [1.807, 2.05) is 19.1 Å². The van der Waals surface area contributed by atoms with Crippen molar-refractivity contribution in [2.24, 2.45) is 0 Å². The van der Waals surface area contributed by atoms with E-state index >= 15 is 0 Å². The molecule has 1 heterocycles. The lowest BCUT2D eigenvalue weighted by Gasteiger charge is -2.29. The van der Waals surface area contributed by atoms with Crippen molar-refractivity contribution in [1.29, 1.82) is 0 Å². The summed E-state index contributed by atoms with van der Waals surface area (Å²) in [5, 5.41) is 3.30. The Balaban J connectivity index is 1.63. The lowest BCUT2D eigenvalue weighted by molar-refractivity contribution is 0.122. The first-order chi connectivity index (χ1) is 11.6. The Bertz CT molecular complexity index is 687. The molecule has 1 aliphatic rings. The summed E-state index contributed by atoms with van der Waals surface area (Å²) in [5.74, 6) is -1.07. The zero-order chi connectivity index (χ0) is 16.9. The highest BCUT2D eigenvalue weighted by atomic mass is 19.1. The van der Waals surface area contributed by atoms with Crippen LogP contribution in [0.3, 0.4) is 0 Å². The molecule has 1 aliphatic heterocycles. The fraction of sp³-hybridized carbons (Fsp3) is 0.368. The Morgan fingerprint density at radius 1 is 1.12 bits per heavy atom. The SMILES string of the molecule is CC(NCc1cccc(N2CCOCC2)c1)c1ccc(F)cc1F. The number of benzene rings is 2. The number of ether oxygens (including phenoxy) is 1. The molecule has 0 spiro atoms. The van der Waals surface area contributed by atoms with Crippen LogP contribution in [0.1, 0.15) is 24.1 Å². The zero-order valence-corrected chi connectivity index (χ0v) is 13.8. The van der Waals surface area contributed by atoms with Crippen LogP contribution in [-0.4, -0.2) is 26.3 Å². The molecular formula is C19H22F2N2O. The summed E-state index contributed by atoms with van der Waals surface area (Å²) in [6.07, 6.45) is 0. The van der Waals surface area contributed by atoms with Crippen molar-refractivity contribution >= 4 is 5.69 Å². The van der Waals surface area contributed by atoms with Crippen molar-refractivity contribution in [1.82, 2.24) is 5.32 Å². The van der Waals surface area contributed by atoms with Gasteiger partial charge in [0.2, 0.25) is 0 Å². The van der Waals surface area contributed by atoms with Crippen molar-refractivity contribution < 1.29 is 13.5 Å². The minimum absolute atomic E-state index is 0.197. The van der Waals surface area contributed by atoms with E-state index in [4.69, 9.17) is 4.74 Å². The van der Waals surface area contributed by atoms with Crippen LogP contribution in [0, 0.1) is 11.6 Å². The highest BCUT2D eigenvalue weighted by molar-refractivity contribution is 5.49. The Morgan fingerprint density at radius 3 is 2.67 bits per heavy atom. The van der Waals surface area contributed by atoms with Crippen molar-refractivity contribution in [3.8, 4) is 0 Å². The maximum atomic E-state index is 13.8. The number of halogens is 2. The van der Waals surface area contributed by atoms with Crippen LogP contribution in [0.25, 0.3) is 0 Å². The van der Waals surface area contributed by atoms with Gasteiger partial charge < -0.3 is 15.0 Å². The minimum atomic E-state index is -0.554. The average Bonchev–Trinajstić information content (AvgIpc) is 2.61. The van der Waals surface area contributed by atoms with Crippen molar-refractivity contribution in [2.75, 3.05) is 31.2 Å². The molecule has 2 aromatic carbocycles. The van der Waals surface area contributed by atoms with Gasteiger partial charge in [0.15, 0.2) is 0 Å². The molecule has 0 bridgehead atoms. The molecule has 0 amide bonds. The monoisotopic (exact) mass is 332 g/mol. The van der Waals surface area contributed by atoms with E-state index in [-0.39, 0.29) is 6.04 Å². The molecule has 1 N–H and O–H groups in total. The summed E-state index contributed by atoms with van der Waals surface area (Å²) in [5.41, 5.74) is 2.78. The van der Waals surface area contributed by atoms with Gasteiger partial charge >= 0.3 is 0 Å². The van der Waals surface area contributed by atoms with Crippen LogP contribution in [0.4, 0.5) is 14.5 Å². The summed E-state index contributed by atoms with van der Waals surface area (Å²) in [7, 11) is 0. The van der Waals surface area contributed by atoms with E-state index in [9.17, 15) is 8.78 Å². The summed E-state index contributed by atoms with van der Waals surface area (Å²) in [6.45, 7) is 5.80. The molecule has 5 heteroatoms. The molecule has 3 rings (SSSR count). The molecule has 0 radical (unpaired) electrons. The number of hydrogen-bond donors (Lipinski definition) is 1. The van der Waals surface area contributed by atoms with Gasteiger partial charge in [-0.3, -0.25) is 0 Å². The molecular weight excluding hydrogens is 310 g/mol. The Kier molecular flexibility index (Phi) is 5.43. The van der Waals surface area contributed by atoms with Gasteiger partial charge in [0, 0.05) is 43.0 Å². The minimum Gasteiger partial charge on any atom is -0.378 e. The van der Waals surface area contributed by atoms with Gasteiger partial charge in [0.05, 0.1) is 13.2 Å². The van der Waals surface area contributed by atoms with E-state index < -0.39 is 11.6 Å². The second kappa shape index (κ2) is 7.73. The Labute approximate surface area is 141 Å². The molecule has 1 unspecified atom stereocenters. The largest absolute Gasteiger partial charge is 0.378 e. The number of morpholine rings is 1. The van der Waals surface area contributed by atoms with Crippen LogP contribution in [0.5, 0.6) is 0 Å². The summed E-state index contributed by atoms with van der Waals surface area (Å²) in [6, 6.07) is 11.8. The van der Waals surface area contributed by atoms with Gasteiger partial charge in [-0.1, -0.05) is 18.2 Å².